The van der Waals surface area contributed by atoms with Crippen molar-refractivity contribution in [3.8, 4) is 0 Å². The summed E-state index contributed by atoms with van der Waals surface area (Å²) in [5.74, 6) is 0. The molecule has 8 heavy (non-hydrogen) atoms. The van der Waals surface area contributed by atoms with E-state index in [0.717, 1.165) is 0 Å². The predicted octanol–water partition coefficient (Wildman–Crippen LogP) is -3.03. The normalized spacial score (nSPS) is 11.1. The van der Waals surface area contributed by atoms with E-state index in [0.29, 0.717) is 6.29 Å². The molecule has 1 atom stereocenters. The Morgan fingerprint density at radius 2 is 2.25 bits per heavy atom. The molecule has 0 aliphatic heterocycles. The maximum atomic E-state index is 9.50. The van der Waals surface area contributed by atoms with Crippen molar-refractivity contribution in [2.45, 2.75) is 13.0 Å². The molecule has 0 spiro atoms. The van der Waals surface area contributed by atoms with Crippen molar-refractivity contribution in [2.75, 3.05) is 0 Å². The molecular weight excluding hydrogens is 121 g/mol. The van der Waals surface area contributed by atoms with E-state index in [1.807, 2.05) is 0 Å². The van der Waals surface area contributed by atoms with Crippen LogP contribution >= 0.6 is 0 Å². The largest absolute Gasteiger partial charge is 1.00 e. The zero-order valence-corrected chi connectivity index (χ0v) is 6.83. The Kier molecular flexibility index (Phi) is 7.13. The molecule has 0 aliphatic carbocycles. The Balaban J connectivity index is -0.000000180. The van der Waals surface area contributed by atoms with Gasteiger partial charge in [0.1, 0.15) is 0 Å². The summed E-state index contributed by atoms with van der Waals surface area (Å²) in [6.07, 6.45) is 0.292. The second-order valence-electron chi connectivity index (χ2n) is 1.16. The average Bonchev–Trinajstić information content (AvgIpc) is 1.65. The number of carbonyl (C=O) groups is 1. The molecule has 0 fully saturated rings. The van der Waals surface area contributed by atoms with Crippen LogP contribution in [0.15, 0.2) is 0 Å². The molecule has 0 heterocycles. The maximum Gasteiger partial charge on any atom is 1.00 e. The van der Waals surface area contributed by atoms with Crippen LogP contribution in [0.4, 0.5) is 0 Å². The quantitative estimate of drug-likeness (QED) is 0.171. The van der Waals surface area contributed by atoms with E-state index >= 15 is 0 Å². The van der Waals surface area contributed by atoms with Crippen LogP contribution in [-0.4, -0.2) is 17.3 Å². The van der Waals surface area contributed by atoms with Crippen molar-refractivity contribution < 1.29 is 40.7 Å². The molecule has 0 aromatic heterocycles. The molecule has 0 bridgehead atoms. The third-order valence-corrected chi connectivity index (χ3v) is 0.529. The molecule has 0 saturated carbocycles. The van der Waals surface area contributed by atoms with Gasteiger partial charge in [-0.3, -0.25) is 14.9 Å². The van der Waals surface area contributed by atoms with E-state index in [1.54, 1.807) is 0 Å². The van der Waals surface area contributed by atoms with Crippen LogP contribution in [0, 0.1) is 10.1 Å². The fraction of sp³-hybridized carbons (Fsp3) is 0.667. The molecule has 0 N–H and O–H groups in total. The molecule has 4 nitrogen and oxygen atoms in total. The minimum Gasteiger partial charge on any atom is -1.00 e. The second-order valence-corrected chi connectivity index (χ2v) is 1.16. The smallest absolute Gasteiger partial charge is 1.00 e. The number of rotatable bonds is 2. The first-order chi connectivity index (χ1) is 3.18. The molecular formula is C3H6NNaO3. The van der Waals surface area contributed by atoms with Crippen molar-refractivity contribution in [3.05, 3.63) is 10.1 Å². The van der Waals surface area contributed by atoms with Gasteiger partial charge in [-0.2, -0.15) is 0 Å². The topological polar surface area (TPSA) is 60.2 Å². The van der Waals surface area contributed by atoms with Gasteiger partial charge in [-0.25, -0.2) is 0 Å². The summed E-state index contributed by atoms with van der Waals surface area (Å²) >= 11 is 0. The molecule has 0 saturated heterocycles. The van der Waals surface area contributed by atoms with Crippen LogP contribution in [0.3, 0.4) is 0 Å². The summed E-state index contributed by atoms with van der Waals surface area (Å²) in [7, 11) is 0. The van der Waals surface area contributed by atoms with Gasteiger partial charge < -0.3 is 1.43 Å². The molecule has 0 radical (unpaired) electrons. The summed E-state index contributed by atoms with van der Waals surface area (Å²) in [6, 6.07) is -1.06. The Morgan fingerprint density at radius 1 is 1.88 bits per heavy atom. The van der Waals surface area contributed by atoms with Gasteiger partial charge in [0.05, 0.1) is 0 Å². The van der Waals surface area contributed by atoms with E-state index in [2.05, 4.69) is 0 Å². The Labute approximate surface area is 70.2 Å². The first kappa shape index (κ1) is 10.9. The molecule has 0 aromatic carbocycles. The monoisotopic (exact) mass is 127 g/mol. The third-order valence-electron chi connectivity index (χ3n) is 0.529. The SMILES string of the molecule is CC(C=O)[N+](=O)[O-].[H-].[Na+]. The van der Waals surface area contributed by atoms with Crippen LogP contribution in [0.5, 0.6) is 0 Å². The van der Waals surface area contributed by atoms with E-state index in [-0.39, 0.29) is 31.0 Å². The van der Waals surface area contributed by atoms with E-state index in [9.17, 15) is 14.9 Å². The minimum atomic E-state index is -1.06. The van der Waals surface area contributed by atoms with Crippen molar-refractivity contribution >= 4 is 6.29 Å². The predicted molar refractivity (Wildman–Crippen MR) is 23.6 cm³/mol. The van der Waals surface area contributed by atoms with Crippen molar-refractivity contribution in [3.63, 3.8) is 0 Å². The van der Waals surface area contributed by atoms with Gasteiger partial charge >= 0.3 is 29.6 Å². The zero-order valence-electron chi connectivity index (χ0n) is 5.83. The van der Waals surface area contributed by atoms with E-state index < -0.39 is 11.0 Å². The summed E-state index contributed by atoms with van der Waals surface area (Å²) in [6.45, 7) is 1.23. The van der Waals surface area contributed by atoms with Gasteiger partial charge in [0.15, 0.2) is 6.29 Å². The number of aldehydes is 1. The standard InChI is InChI=1S/C3H5NO3.Na.H/c1-3(2-5)4(6)7;;/h2-3H,1H3;;/q;+1;-1. The summed E-state index contributed by atoms with van der Waals surface area (Å²) in [5.41, 5.74) is 0. The molecule has 42 valence electrons. The van der Waals surface area contributed by atoms with Crippen LogP contribution in [0.2, 0.25) is 0 Å². The molecule has 0 aromatic rings. The van der Waals surface area contributed by atoms with Gasteiger partial charge in [-0.05, 0) is 0 Å². The fourth-order valence-corrected chi connectivity index (χ4v) is 0.0497. The Hall–Kier alpha value is 0.0700. The number of hydrogen-bond acceptors (Lipinski definition) is 3. The number of carbonyl (C=O) groups excluding carboxylic acids is 1. The molecule has 0 amide bonds. The zero-order chi connectivity index (χ0) is 5.86. The molecule has 0 aliphatic rings. The van der Waals surface area contributed by atoms with Crippen LogP contribution < -0.4 is 29.6 Å². The van der Waals surface area contributed by atoms with E-state index in [4.69, 9.17) is 0 Å². The first-order valence-electron chi connectivity index (χ1n) is 1.77. The number of hydrogen-bond donors (Lipinski definition) is 0. The Morgan fingerprint density at radius 3 is 2.25 bits per heavy atom. The van der Waals surface area contributed by atoms with Crippen molar-refractivity contribution in [2.24, 2.45) is 0 Å². The van der Waals surface area contributed by atoms with Gasteiger partial charge in [-0.15, -0.1) is 0 Å². The van der Waals surface area contributed by atoms with Crippen LogP contribution in [0.1, 0.15) is 8.35 Å². The second kappa shape index (κ2) is 5.21. The van der Waals surface area contributed by atoms with Crippen LogP contribution in [0.25, 0.3) is 0 Å². The average molecular weight is 127 g/mol. The summed E-state index contributed by atoms with van der Waals surface area (Å²) in [5, 5.41) is 9.50. The van der Waals surface area contributed by atoms with Gasteiger partial charge in [-0.1, -0.05) is 0 Å². The minimum absolute atomic E-state index is 0. The first-order valence-corrected chi connectivity index (χ1v) is 1.77. The van der Waals surface area contributed by atoms with Gasteiger partial charge in [0, 0.05) is 11.8 Å². The molecule has 0 rings (SSSR count). The van der Waals surface area contributed by atoms with Gasteiger partial charge in [0.2, 0.25) is 0 Å². The number of nitrogens with zero attached hydrogens (tertiary/aromatic N) is 1. The number of nitro groups is 1. The van der Waals surface area contributed by atoms with Crippen molar-refractivity contribution in [1.29, 1.82) is 0 Å². The Bertz CT molecular complexity index is 99.1. The third kappa shape index (κ3) is 4.23. The molecule has 1 unspecified atom stereocenters. The maximum absolute atomic E-state index is 9.50. The fourth-order valence-electron chi connectivity index (χ4n) is 0.0497. The van der Waals surface area contributed by atoms with Crippen LogP contribution in [-0.2, 0) is 4.79 Å². The summed E-state index contributed by atoms with van der Waals surface area (Å²) < 4.78 is 0. The van der Waals surface area contributed by atoms with Crippen molar-refractivity contribution in [1.82, 2.24) is 0 Å². The van der Waals surface area contributed by atoms with Gasteiger partial charge in [0.25, 0.3) is 6.04 Å². The van der Waals surface area contributed by atoms with E-state index in [1.165, 1.54) is 6.92 Å². The summed E-state index contributed by atoms with van der Waals surface area (Å²) in [4.78, 5) is 18.4. The molecule has 5 heteroatoms.